The Hall–Kier alpha value is -1.36. The molecule has 0 bridgehead atoms. The highest BCUT2D eigenvalue weighted by Crippen LogP contribution is 2.19. The number of nitrogens with one attached hydrogen (secondary N) is 1. The summed E-state index contributed by atoms with van der Waals surface area (Å²) >= 11 is 0. The molecule has 0 saturated heterocycles. The third-order valence-corrected chi connectivity index (χ3v) is 3.14. The second-order valence-corrected chi connectivity index (χ2v) is 4.63. The fraction of sp³-hybridized carbons (Fsp3) is 0.714. The highest BCUT2D eigenvalue weighted by Gasteiger charge is 2.15. The van der Waals surface area contributed by atoms with E-state index in [1.165, 1.54) is 0 Å². The Morgan fingerprint density at radius 3 is 2.68 bits per heavy atom. The van der Waals surface area contributed by atoms with Crippen molar-refractivity contribution in [1.82, 2.24) is 9.97 Å². The van der Waals surface area contributed by atoms with Crippen LogP contribution in [0.25, 0.3) is 0 Å². The smallest absolute Gasteiger partial charge is 0.134 e. The Kier molecular flexibility index (Phi) is 6.56. The highest BCUT2D eigenvalue weighted by molar-refractivity contribution is 5.50. The van der Waals surface area contributed by atoms with Crippen LogP contribution in [0.3, 0.4) is 0 Å². The molecular formula is C14H26N4O. The fourth-order valence-corrected chi connectivity index (χ4v) is 1.94. The number of hydrogen-bond acceptors (Lipinski definition) is 5. The molecule has 0 saturated carbocycles. The first-order valence-electron chi connectivity index (χ1n) is 6.97. The Morgan fingerprint density at radius 1 is 1.37 bits per heavy atom. The van der Waals surface area contributed by atoms with Crippen LogP contribution in [-0.2, 0) is 4.74 Å². The van der Waals surface area contributed by atoms with Crippen molar-refractivity contribution >= 4 is 11.6 Å². The van der Waals surface area contributed by atoms with Crippen molar-refractivity contribution in [3.8, 4) is 0 Å². The van der Waals surface area contributed by atoms with Gasteiger partial charge in [0.25, 0.3) is 0 Å². The molecule has 1 aromatic heterocycles. The molecule has 0 fully saturated rings. The van der Waals surface area contributed by atoms with Crippen molar-refractivity contribution in [3.63, 3.8) is 0 Å². The summed E-state index contributed by atoms with van der Waals surface area (Å²) in [5.74, 6) is 2.64. The fourth-order valence-electron chi connectivity index (χ4n) is 1.94. The van der Waals surface area contributed by atoms with Crippen LogP contribution in [0.4, 0.5) is 11.6 Å². The van der Waals surface area contributed by atoms with Crippen LogP contribution < -0.4 is 10.2 Å². The summed E-state index contributed by atoms with van der Waals surface area (Å²) in [5.41, 5.74) is 0. The standard InChI is InChI=1S/C14H26N4O/c1-6-11(3)18(8-9-19-5)14-10-13(15-7-2)16-12(4)17-14/h10-11H,6-9H2,1-5H3,(H,15,16,17). The van der Waals surface area contributed by atoms with E-state index < -0.39 is 0 Å². The van der Waals surface area contributed by atoms with Crippen LogP contribution in [0.2, 0.25) is 0 Å². The van der Waals surface area contributed by atoms with Crippen LogP contribution in [0.5, 0.6) is 0 Å². The molecule has 0 aliphatic rings. The van der Waals surface area contributed by atoms with Crippen molar-refractivity contribution in [2.45, 2.75) is 40.2 Å². The van der Waals surface area contributed by atoms with Gasteiger partial charge in [0.1, 0.15) is 17.5 Å². The lowest BCUT2D eigenvalue weighted by atomic mass is 10.2. The van der Waals surface area contributed by atoms with E-state index in [4.69, 9.17) is 4.74 Å². The van der Waals surface area contributed by atoms with Gasteiger partial charge in [-0.1, -0.05) is 6.92 Å². The van der Waals surface area contributed by atoms with Gasteiger partial charge in [-0.05, 0) is 27.2 Å². The molecule has 0 amide bonds. The van der Waals surface area contributed by atoms with Gasteiger partial charge in [0.05, 0.1) is 6.61 Å². The minimum Gasteiger partial charge on any atom is -0.383 e. The van der Waals surface area contributed by atoms with Gasteiger partial charge in [0.15, 0.2) is 0 Å². The molecule has 0 spiro atoms. The SMILES string of the molecule is CCNc1cc(N(CCOC)C(C)CC)nc(C)n1. The number of ether oxygens (including phenoxy) is 1. The van der Waals surface area contributed by atoms with Gasteiger partial charge in [0, 0.05) is 32.3 Å². The topological polar surface area (TPSA) is 50.3 Å². The van der Waals surface area contributed by atoms with Gasteiger partial charge < -0.3 is 15.0 Å². The summed E-state index contributed by atoms with van der Waals surface area (Å²) in [6, 6.07) is 2.44. The number of methoxy groups -OCH3 is 1. The molecule has 0 aromatic carbocycles. The summed E-state index contributed by atoms with van der Waals surface area (Å²) in [6.07, 6.45) is 1.07. The summed E-state index contributed by atoms with van der Waals surface area (Å²) < 4.78 is 5.20. The van der Waals surface area contributed by atoms with Gasteiger partial charge in [0.2, 0.25) is 0 Å². The van der Waals surface area contributed by atoms with Gasteiger partial charge in [-0.15, -0.1) is 0 Å². The first-order chi connectivity index (χ1) is 9.12. The predicted molar refractivity (Wildman–Crippen MR) is 79.9 cm³/mol. The first kappa shape index (κ1) is 15.7. The second kappa shape index (κ2) is 7.94. The van der Waals surface area contributed by atoms with Gasteiger partial charge >= 0.3 is 0 Å². The molecule has 1 rings (SSSR count). The molecule has 1 N–H and O–H groups in total. The number of aryl methyl sites for hydroxylation is 1. The minimum absolute atomic E-state index is 0.430. The zero-order valence-corrected chi connectivity index (χ0v) is 12.7. The van der Waals surface area contributed by atoms with Gasteiger partial charge in [-0.3, -0.25) is 0 Å². The quantitative estimate of drug-likeness (QED) is 0.783. The van der Waals surface area contributed by atoms with E-state index in [0.29, 0.717) is 12.6 Å². The Balaban J connectivity index is 2.99. The minimum atomic E-state index is 0.430. The number of hydrogen-bond donors (Lipinski definition) is 1. The zero-order chi connectivity index (χ0) is 14.3. The second-order valence-electron chi connectivity index (χ2n) is 4.63. The molecular weight excluding hydrogens is 240 g/mol. The maximum Gasteiger partial charge on any atom is 0.134 e. The van der Waals surface area contributed by atoms with E-state index >= 15 is 0 Å². The third-order valence-electron chi connectivity index (χ3n) is 3.14. The van der Waals surface area contributed by atoms with Crippen molar-refractivity contribution in [2.75, 3.05) is 37.0 Å². The molecule has 0 radical (unpaired) electrons. The van der Waals surface area contributed by atoms with Crippen LogP contribution >= 0.6 is 0 Å². The summed E-state index contributed by atoms with van der Waals surface area (Å²) in [6.45, 7) is 10.8. The van der Waals surface area contributed by atoms with Gasteiger partial charge in [-0.25, -0.2) is 9.97 Å². The maximum absolute atomic E-state index is 5.20. The largest absolute Gasteiger partial charge is 0.383 e. The normalized spacial score (nSPS) is 12.3. The molecule has 0 aliphatic heterocycles. The van der Waals surface area contributed by atoms with E-state index in [9.17, 15) is 0 Å². The third kappa shape index (κ3) is 4.67. The number of aromatic nitrogens is 2. The van der Waals surface area contributed by atoms with Crippen LogP contribution in [0.1, 0.15) is 33.0 Å². The predicted octanol–water partition coefficient (Wildman–Crippen LogP) is 2.47. The molecule has 1 atom stereocenters. The molecule has 5 nitrogen and oxygen atoms in total. The summed E-state index contributed by atoms with van der Waals surface area (Å²) in [7, 11) is 1.73. The molecule has 0 aliphatic carbocycles. The number of nitrogens with zero attached hydrogens (tertiary/aromatic N) is 3. The lowest BCUT2D eigenvalue weighted by Crippen LogP contribution is -2.36. The molecule has 1 aromatic rings. The van der Waals surface area contributed by atoms with E-state index in [2.05, 4.69) is 41.0 Å². The number of anilines is 2. The van der Waals surface area contributed by atoms with Gasteiger partial charge in [-0.2, -0.15) is 0 Å². The highest BCUT2D eigenvalue weighted by atomic mass is 16.5. The maximum atomic E-state index is 5.20. The average Bonchev–Trinajstić information content (AvgIpc) is 2.38. The average molecular weight is 266 g/mol. The summed E-state index contributed by atoms with van der Waals surface area (Å²) in [4.78, 5) is 11.2. The van der Waals surface area contributed by atoms with Crippen molar-refractivity contribution in [1.29, 1.82) is 0 Å². The van der Waals surface area contributed by atoms with Crippen molar-refractivity contribution in [3.05, 3.63) is 11.9 Å². The Labute approximate surface area is 116 Å². The van der Waals surface area contributed by atoms with E-state index in [1.54, 1.807) is 7.11 Å². The van der Waals surface area contributed by atoms with Crippen molar-refractivity contribution < 1.29 is 4.74 Å². The number of rotatable bonds is 8. The molecule has 1 heterocycles. The lowest BCUT2D eigenvalue weighted by Gasteiger charge is -2.29. The van der Waals surface area contributed by atoms with E-state index in [1.807, 2.05) is 13.0 Å². The molecule has 1 unspecified atom stereocenters. The van der Waals surface area contributed by atoms with E-state index in [0.717, 1.165) is 37.0 Å². The lowest BCUT2D eigenvalue weighted by molar-refractivity contribution is 0.203. The van der Waals surface area contributed by atoms with Crippen LogP contribution in [-0.4, -0.2) is 42.8 Å². The zero-order valence-electron chi connectivity index (χ0n) is 12.7. The first-order valence-corrected chi connectivity index (χ1v) is 6.97. The van der Waals surface area contributed by atoms with Crippen molar-refractivity contribution in [2.24, 2.45) is 0 Å². The molecule has 108 valence electrons. The Bertz CT molecular complexity index is 384. The van der Waals surface area contributed by atoms with Crippen LogP contribution in [0.15, 0.2) is 6.07 Å². The summed E-state index contributed by atoms with van der Waals surface area (Å²) in [5, 5.41) is 3.25. The molecule has 5 heteroatoms. The van der Waals surface area contributed by atoms with E-state index in [-0.39, 0.29) is 0 Å². The Morgan fingerprint density at radius 2 is 2.11 bits per heavy atom. The monoisotopic (exact) mass is 266 g/mol. The molecule has 19 heavy (non-hydrogen) atoms. The van der Waals surface area contributed by atoms with Crippen LogP contribution in [0, 0.1) is 6.92 Å².